The summed E-state index contributed by atoms with van der Waals surface area (Å²) in [7, 11) is 0.854. The molecule has 23 heavy (non-hydrogen) atoms. The molecule has 1 aromatic rings. The van der Waals surface area contributed by atoms with Gasteiger partial charge in [-0.2, -0.15) is 13.2 Å². The van der Waals surface area contributed by atoms with Gasteiger partial charge < -0.3 is 10.6 Å². The van der Waals surface area contributed by atoms with Crippen LogP contribution in [0.15, 0.2) is 21.3 Å². The van der Waals surface area contributed by atoms with Gasteiger partial charge in [0.1, 0.15) is 4.21 Å². The van der Waals surface area contributed by atoms with Gasteiger partial charge in [0.15, 0.2) is 5.96 Å². The van der Waals surface area contributed by atoms with Gasteiger partial charge in [0.05, 0.1) is 13.0 Å². The Labute approximate surface area is 137 Å². The Balaban J connectivity index is 2.56. The Bertz CT molecular complexity index is 639. The molecule has 0 amide bonds. The maximum atomic E-state index is 12.1. The van der Waals surface area contributed by atoms with Gasteiger partial charge in [-0.05, 0) is 12.1 Å². The van der Waals surface area contributed by atoms with Gasteiger partial charge in [-0.3, -0.25) is 4.99 Å². The molecule has 0 fully saturated rings. The van der Waals surface area contributed by atoms with Crippen LogP contribution >= 0.6 is 11.3 Å². The van der Waals surface area contributed by atoms with Gasteiger partial charge in [-0.25, -0.2) is 12.7 Å². The van der Waals surface area contributed by atoms with Crippen molar-refractivity contribution in [2.75, 3.05) is 27.7 Å². The highest BCUT2D eigenvalue weighted by molar-refractivity contribution is 7.91. The maximum Gasteiger partial charge on any atom is 0.390 e. The van der Waals surface area contributed by atoms with E-state index in [9.17, 15) is 21.6 Å². The molecule has 0 spiro atoms. The first-order valence-electron chi connectivity index (χ1n) is 6.59. The van der Waals surface area contributed by atoms with Crippen LogP contribution in [0.4, 0.5) is 13.2 Å². The monoisotopic (exact) mass is 372 g/mol. The zero-order valence-corrected chi connectivity index (χ0v) is 14.6. The highest BCUT2D eigenvalue weighted by Crippen LogP contribution is 2.23. The number of halogens is 3. The van der Waals surface area contributed by atoms with Crippen molar-refractivity contribution in [3.63, 3.8) is 0 Å². The van der Waals surface area contributed by atoms with E-state index >= 15 is 0 Å². The molecule has 132 valence electrons. The highest BCUT2D eigenvalue weighted by atomic mass is 32.2. The fourth-order valence-corrected chi connectivity index (χ4v) is 3.95. The number of rotatable bonds is 6. The summed E-state index contributed by atoms with van der Waals surface area (Å²) in [6, 6.07) is 3.15. The first-order valence-corrected chi connectivity index (χ1v) is 8.84. The lowest BCUT2D eigenvalue weighted by Gasteiger charge is -2.12. The molecular weight excluding hydrogens is 353 g/mol. The van der Waals surface area contributed by atoms with Crippen molar-refractivity contribution in [3.8, 4) is 0 Å². The summed E-state index contributed by atoms with van der Waals surface area (Å²) in [5, 5.41) is 5.39. The molecule has 0 atom stereocenters. The van der Waals surface area contributed by atoms with Crippen LogP contribution in [0, 0.1) is 0 Å². The SMILES string of the molecule is CN=C(NCCC(F)(F)F)NCc1ccc(S(=O)(=O)N(C)C)s1. The van der Waals surface area contributed by atoms with Crippen molar-refractivity contribution in [2.24, 2.45) is 4.99 Å². The van der Waals surface area contributed by atoms with Crippen molar-refractivity contribution in [1.82, 2.24) is 14.9 Å². The minimum absolute atomic E-state index is 0.208. The number of guanidine groups is 1. The van der Waals surface area contributed by atoms with Crippen molar-refractivity contribution in [1.29, 1.82) is 0 Å². The molecule has 0 saturated heterocycles. The fourth-order valence-electron chi connectivity index (χ4n) is 1.49. The Hall–Kier alpha value is -1.33. The third-order valence-corrected chi connectivity index (χ3v) is 6.09. The number of hydrogen-bond acceptors (Lipinski definition) is 4. The Kier molecular flexibility index (Phi) is 6.84. The summed E-state index contributed by atoms with van der Waals surface area (Å²) in [5.41, 5.74) is 0. The van der Waals surface area contributed by atoms with E-state index in [0.29, 0.717) is 0 Å². The lowest BCUT2D eigenvalue weighted by molar-refractivity contribution is -0.132. The predicted molar refractivity (Wildman–Crippen MR) is 84.1 cm³/mol. The van der Waals surface area contributed by atoms with Crippen LogP contribution in [0.25, 0.3) is 0 Å². The minimum atomic E-state index is -4.23. The molecule has 0 saturated carbocycles. The molecule has 0 aliphatic carbocycles. The number of hydrogen-bond donors (Lipinski definition) is 2. The molecule has 1 aromatic heterocycles. The summed E-state index contributed by atoms with van der Waals surface area (Å²) in [6.45, 7) is -0.0207. The second kappa shape index (κ2) is 7.97. The number of thiophene rings is 1. The molecular formula is C12H19F3N4O2S2. The number of aliphatic imine (C=N–C) groups is 1. The van der Waals surface area contributed by atoms with E-state index < -0.39 is 22.6 Å². The first-order chi connectivity index (χ1) is 10.6. The molecule has 0 aromatic carbocycles. The van der Waals surface area contributed by atoms with E-state index in [-0.39, 0.29) is 23.3 Å². The average molecular weight is 372 g/mol. The molecule has 1 rings (SSSR count). The maximum absolute atomic E-state index is 12.1. The van der Waals surface area contributed by atoms with Crippen LogP contribution < -0.4 is 10.6 Å². The third kappa shape index (κ3) is 6.36. The predicted octanol–water partition coefficient (Wildman–Crippen LogP) is 1.62. The van der Waals surface area contributed by atoms with Gasteiger partial charge in [-0.1, -0.05) is 0 Å². The summed E-state index contributed by atoms with van der Waals surface area (Å²) in [6.07, 6.45) is -5.19. The summed E-state index contributed by atoms with van der Waals surface area (Å²) in [5.74, 6) is 0.222. The molecule has 6 nitrogen and oxygen atoms in total. The smallest absolute Gasteiger partial charge is 0.356 e. The summed E-state index contributed by atoms with van der Waals surface area (Å²) >= 11 is 1.09. The summed E-state index contributed by atoms with van der Waals surface area (Å²) < 4.78 is 61.5. The lowest BCUT2D eigenvalue weighted by Crippen LogP contribution is -2.38. The number of nitrogens with one attached hydrogen (secondary N) is 2. The normalized spacial score (nSPS) is 13.4. The van der Waals surface area contributed by atoms with E-state index in [0.717, 1.165) is 20.5 Å². The van der Waals surface area contributed by atoms with Crippen LogP contribution in [0.5, 0.6) is 0 Å². The van der Waals surface area contributed by atoms with E-state index in [4.69, 9.17) is 0 Å². The molecule has 0 radical (unpaired) electrons. The lowest BCUT2D eigenvalue weighted by atomic mass is 10.4. The van der Waals surface area contributed by atoms with Crippen LogP contribution in [-0.4, -0.2) is 52.5 Å². The second-order valence-electron chi connectivity index (χ2n) is 4.73. The zero-order chi connectivity index (χ0) is 17.7. The highest BCUT2D eigenvalue weighted by Gasteiger charge is 2.26. The molecule has 0 aliphatic heterocycles. The van der Waals surface area contributed by atoms with Crippen molar-refractivity contribution >= 4 is 27.3 Å². The first kappa shape index (κ1) is 19.7. The van der Waals surface area contributed by atoms with Gasteiger partial charge in [-0.15, -0.1) is 11.3 Å². The topological polar surface area (TPSA) is 73.8 Å². The second-order valence-corrected chi connectivity index (χ2v) is 8.27. The van der Waals surface area contributed by atoms with Crippen molar-refractivity contribution < 1.29 is 21.6 Å². The summed E-state index contributed by atoms with van der Waals surface area (Å²) in [4.78, 5) is 4.54. The average Bonchev–Trinajstić information content (AvgIpc) is 2.90. The van der Waals surface area contributed by atoms with Crippen molar-refractivity contribution in [3.05, 3.63) is 17.0 Å². The van der Waals surface area contributed by atoms with Gasteiger partial charge in [0.2, 0.25) is 0 Å². The van der Waals surface area contributed by atoms with E-state index in [1.807, 2.05) is 0 Å². The Morgan fingerprint density at radius 2 is 1.96 bits per heavy atom. The standard InChI is InChI=1S/C12H19F3N4O2S2/c1-16-11(17-7-6-12(13,14)15)18-8-9-4-5-10(22-9)23(20,21)19(2)3/h4-5H,6-8H2,1-3H3,(H2,16,17,18). The quantitative estimate of drug-likeness (QED) is 0.588. The van der Waals surface area contributed by atoms with E-state index in [1.165, 1.54) is 27.2 Å². The van der Waals surface area contributed by atoms with Gasteiger partial charge in [0.25, 0.3) is 10.0 Å². The largest absolute Gasteiger partial charge is 0.390 e. The Morgan fingerprint density at radius 3 is 2.48 bits per heavy atom. The van der Waals surface area contributed by atoms with Gasteiger partial charge in [0, 0.05) is 32.6 Å². The van der Waals surface area contributed by atoms with Crippen molar-refractivity contribution in [2.45, 2.75) is 23.4 Å². The molecule has 0 bridgehead atoms. The Morgan fingerprint density at radius 1 is 1.30 bits per heavy atom. The minimum Gasteiger partial charge on any atom is -0.356 e. The zero-order valence-electron chi connectivity index (χ0n) is 12.9. The van der Waals surface area contributed by atoms with Gasteiger partial charge >= 0.3 is 6.18 Å². The van der Waals surface area contributed by atoms with Crippen LogP contribution in [0.2, 0.25) is 0 Å². The molecule has 1 heterocycles. The molecule has 11 heteroatoms. The van der Waals surface area contributed by atoms with E-state index in [1.54, 1.807) is 6.07 Å². The number of sulfonamides is 1. The fraction of sp³-hybridized carbons (Fsp3) is 0.583. The van der Waals surface area contributed by atoms with E-state index in [2.05, 4.69) is 15.6 Å². The molecule has 2 N–H and O–H groups in total. The van der Waals surface area contributed by atoms with Crippen LogP contribution in [-0.2, 0) is 16.6 Å². The molecule has 0 aliphatic rings. The number of alkyl halides is 3. The third-order valence-electron chi connectivity index (χ3n) is 2.73. The number of nitrogens with zero attached hydrogens (tertiary/aromatic N) is 2. The molecule has 0 unspecified atom stereocenters. The van der Waals surface area contributed by atoms with Crippen LogP contribution in [0.1, 0.15) is 11.3 Å². The van der Waals surface area contributed by atoms with Crippen LogP contribution in [0.3, 0.4) is 0 Å².